The summed E-state index contributed by atoms with van der Waals surface area (Å²) in [5, 5.41) is 2.16. The van der Waals surface area contributed by atoms with E-state index in [0.29, 0.717) is 29.0 Å². The number of rotatable bonds is 7. The standard InChI is InChI=1S/C53H47N7O/c1-33-15-19-36(20-16-33)50-55-51(37-21-17-34(2)18-22-37)57-52(56-50)43-30-42-41-28-38(53(4,5)6)23-24-44(41)60(49-14-10-11-25-54-49)47(42)31-48(43)61-40-27-35(3)26-39(29-40)59-32-58(7)45-12-8-9-13-46(45)59/h8-31H,32H2,1-7H3. The SMILES string of the molecule is Cc1ccc(-c2nc(-c3ccc(C)cc3)nc(-c3cc4c5cc(C(C)(C)C)ccc5n(-c5ccccn5)c4cc3Oc3cc(C)cc(N4CN(C)c5ccccc54)c3)n2)cc1. The highest BCUT2D eigenvalue weighted by molar-refractivity contribution is 6.11. The van der Waals surface area contributed by atoms with Crippen LogP contribution in [0.25, 0.3) is 61.8 Å². The number of pyridine rings is 1. The maximum Gasteiger partial charge on any atom is 0.167 e. The first-order valence-corrected chi connectivity index (χ1v) is 20.8. The zero-order chi connectivity index (χ0) is 42.0. The number of nitrogens with zero attached hydrogens (tertiary/aromatic N) is 7. The highest BCUT2D eigenvalue weighted by atomic mass is 16.5. The van der Waals surface area contributed by atoms with Gasteiger partial charge in [-0.25, -0.2) is 19.9 Å². The van der Waals surface area contributed by atoms with E-state index in [2.05, 4.69) is 190 Å². The van der Waals surface area contributed by atoms with Crippen LogP contribution in [0, 0.1) is 20.8 Å². The van der Waals surface area contributed by atoms with E-state index in [1.807, 2.05) is 18.3 Å². The maximum atomic E-state index is 7.18. The third kappa shape index (κ3) is 7.04. The van der Waals surface area contributed by atoms with E-state index in [1.54, 1.807) is 0 Å². The van der Waals surface area contributed by atoms with Gasteiger partial charge in [-0.1, -0.05) is 105 Å². The Morgan fingerprint density at radius 1 is 0.574 bits per heavy atom. The first kappa shape index (κ1) is 37.9. The van der Waals surface area contributed by atoms with E-state index in [-0.39, 0.29) is 5.41 Å². The van der Waals surface area contributed by atoms with Crippen LogP contribution in [0.4, 0.5) is 17.1 Å². The predicted molar refractivity (Wildman–Crippen MR) is 250 cm³/mol. The summed E-state index contributed by atoms with van der Waals surface area (Å²) >= 11 is 0. The molecule has 8 heteroatoms. The number of benzene rings is 6. The zero-order valence-electron chi connectivity index (χ0n) is 35.6. The van der Waals surface area contributed by atoms with Gasteiger partial charge in [-0.15, -0.1) is 0 Å². The normalized spacial score (nSPS) is 12.7. The van der Waals surface area contributed by atoms with Crippen molar-refractivity contribution < 1.29 is 4.74 Å². The average Bonchev–Trinajstić information content (AvgIpc) is 3.77. The number of anilines is 3. The predicted octanol–water partition coefficient (Wildman–Crippen LogP) is 12.9. The van der Waals surface area contributed by atoms with Gasteiger partial charge in [0, 0.05) is 53.0 Å². The molecule has 0 spiro atoms. The molecule has 8 nitrogen and oxygen atoms in total. The Hall–Kier alpha value is -7.32. The van der Waals surface area contributed by atoms with Crippen LogP contribution in [0.3, 0.4) is 0 Å². The molecule has 1 aliphatic rings. The average molecular weight is 798 g/mol. The number of para-hydroxylation sites is 2. The molecule has 300 valence electrons. The molecule has 0 saturated carbocycles. The highest BCUT2D eigenvalue weighted by Gasteiger charge is 2.26. The Labute approximate surface area is 356 Å². The van der Waals surface area contributed by atoms with Gasteiger partial charge in [0.05, 0.1) is 34.6 Å². The number of aryl methyl sites for hydroxylation is 3. The van der Waals surface area contributed by atoms with Gasteiger partial charge >= 0.3 is 0 Å². The van der Waals surface area contributed by atoms with Gasteiger partial charge in [0.2, 0.25) is 0 Å². The molecule has 0 bridgehead atoms. The molecule has 1 aliphatic heterocycles. The molecule has 9 aromatic rings. The second-order valence-corrected chi connectivity index (χ2v) is 17.3. The van der Waals surface area contributed by atoms with Crippen LogP contribution in [0.1, 0.15) is 43.0 Å². The summed E-state index contributed by atoms with van der Waals surface area (Å²) in [6, 6.07) is 48.8. The van der Waals surface area contributed by atoms with E-state index in [4.69, 9.17) is 24.7 Å². The summed E-state index contributed by atoms with van der Waals surface area (Å²) in [6.07, 6.45) is 1.84. The number of hydrogen-bond acceptors (Lipinski definition) is 7. The van der Waals surface area contributed by atoms with Gasteiger partial charge in [-0.05, 0) is 91.9 Å². The maximum absolute atomic E-state index is 7.18. The van der Waals surface area contributed by atoms with E-state index in [0.717, 1.165) is 67.9 Å². The van der Waals surface area contributed by atoms with Crippen molar-refractivity contribution in [3.05, 3.63) is 168 Å². The number of hydrogen-bond donors (Lipinski definition) is 0. The monoisotopic (exact) mass is 797 g/mol. The smallest absolute Gasteiger partial charge is 0.167 e. The van der Waals surface area contributed by atoms with Gasteiger partial charge in [0.1, 0.15) is 17.3 Å². The Kier molecular flexibility index (Phi) is 9.17. The fourth-order valence-corrected chi connectivity index (χ4v) is 8.34. The Balaban J connectivity index is 1.24. The van der Waals surface area contributed by atoms with Gasteiger partial charge in [0.25, 0.3) is 0 Å². The third-order valence-electron chi connectivity index (χ3n) is 11.6. The van der Waals surface area contributed by atoms with Crippen LogP contribution in [0.5, 0.6) is 11.5 Å². The van der Waals surface area contributed by atoms with Crippen LogP contribution in [0.2, 0.25) is 0 Å². The lowest BCUT2D eigenvalue weighted by Crippen LogP contribution is -2.24. The van der Waals surface area contributed by atoms with Crippen molar-refractivity contribution in [3.8, 4) is 51.5 Å². The molecule has 0 aliphatic carbocycles. The van der Waals surface area contributed by atoms with Crippen LogP contribution < -0.4 is 14.5 Å². The van der Waals surface area contributed by atoms with Gasteiger partial charge in [-0.3, -0.25) is 4.57 Å². The second-order valence-electron chi connectivity index (χ2n) is 17.3. The van der Waals surface area contributed by atoms with Crippen LogP contribution in [-0.2, 0) is 5.41 Å². The molecule has 61 heavy (non-hydrogen) atoms. The fourth-order valence-electron chi connectivity index (χ4n) is 8.34. The summed E-state index contributed by atoms with van der Waals surface area (Å²) in [5.74, 6) is 3.86. The molecule has 6 aromatic carbocycles. The van der Waals surface area contributed by atoms with Crippen LogP contribution in [0.15, 0.2) is 146 Å². The second kappa shape index (κ2) is 14.7. The summed E-state index contributed by atoms with van der Waals surface area (Å²) < 4.78 is 9.41. The minimum Gasteiger partial charge on any atom is -0.456 e. The minimum atomic E-state index is -0.0624. The summed E-state index contributed by atoms with van der Waals surface area (Å²) in [7, 11) is 2.13. The summed E-state index contributed by atoms with van der Waals surface area (Å²) in [5.41, 5.74) is 12.6. The zero-order valence-corrected chi connectivity index (χ0v) is 35.6. The molecule has 0 radical (unpaired) electrons. The Morgan fingerprint density at radius 3 is 1.87 bits per heavy atom. The van der Waals surface area contributed by atoms with E-state index in [9.17, 15) is 0 Å². The topological polar surface area (TPSA) is 72.2 Å². The van der Waals surface area contributed by atoms with Gasteiger partial charge in [0.15, 0.2) is 17.5 Å². The quantitative estimate of drug-likeness (QED) is 0.159. The summed E-state index contributed by atoms with van der Waals surface area (Å²) in [6.45, 7) is 13.8. The molecular formula is C53H47N7O. The molecule has 0 amide bonds. The molecule has 0 N–H and O–H groups in total. The van der Waals surface area contributed by atoms with Crippen molar-refractivity contribution in [1.29, 1.82) is 0 Å². The van der Waals surface area contributed by atoms with E-state index >= 15 is 0 Å². The van der Waals surface area contributed by atoms with Crippen LogP contribution in [-0.4, -0.2) is 38.2 Å². The molecule has 0 atom stereocenters. The largest absolute Gasteiger partial charge is 0.456 e. The van der Waals surface area contributed by atoms with Gasteiger partial charge < -0.3 is 14.5 Å². The van der Waals surface area contributed by atoms with Gasteiger partial charge in [-0.2, -0.15) is 0 Å². The Morgan fingerprint density at radius 2 is 1.21 bits per heavy atom. The molecule has 0 unspecified atom stereocenters. The molecular weight excluding hydrogens is 751 g/mol. The highest BCUT2D eigenvalue weighted by Crippen LogP contribution is 2.45. The minimum absolute atomic E-state index is 0.0624. The third-order valence-corrected chi connectivity index (χ3v) is 11.6. The van der Waals surface area contributed by atoms with Crippen molar-refractivity contribution in [1.82, 2.24) is 24.5 Å². The molecule has 0 fully saturated rings. The number of fused-ring (bicyclic) bond motifs is 4. The van der Waals surface area contributed by atoms with E-state index < -0.39 is 0 Å². The first-order valence-electron chi connectivity index (χ1n) is 20.8. The molecule has 4 heterocycles. The molecule has 10 rings (SSSR count). The van der Waals surface area contributed by atoms with Crippen molar-refractivity contribution >= 4 is 38.9 Å². The molecule has 3 aromatic heterocycles. The lowest BCUT2D eigenvalue weighted by molar-refractivity contribution is 0.484. The van der Waals surface area contributed by atoms with Crippen molar-refractivity contribution in [2.45, 2.75) is 47.0 Å². The first-order chi connectivity index (χ1) is 29.5. The van der Waals surface area contributed by atoms with E-state index in [1.165, 1.54) is 22.4 Å². The van der Waals surface area contributed by atoms with Crippen molar-refractivity contribution in [2.75, 3.05) is 23.5 Å². The Bertz CT molecular complexity index is 3050. The summed E-state index contributed by atoms with van der Waals surface area (Å²) in [4.78, 5) is 25.0. The number of ether oxygens (including phenoxy) is 1. The van der Waals surface area contributed by atoms with Crippen molar-refractivity contribution in [3.63, 3.8) is 0 Å². The lowest BCUT2D eigenvalue weighted by Gasteiger charge is -2.21. The van der Waals surface area contributed by atoms with Crippen LogP contribution >= 0.6 is 0 Å². The van der Waals surface area contributed by atoms with Crippen molar-refractivity contribution in [2.24, 2.45) is 0 Å². The molecule has 0 saturated heterocycles. The lowest BCUT2D eigenvalue weighted by atomic mass is 9.86. The fraction of sp³-hybridized carbons (Fsp3) is 0.170. The number of aromatic nitrogens is 5.